The third-order valence-corrected chi connectivity index (χ3v) is 2.94. The second kappa shape index (κ2) is 6.35. The van der Waals surface area contributed by atoms with Crippen LogP contribution < -0.4 is 4.74 Å². The van der Waals surface area contributed by atoms with Crippen LogP contribution in [0.5, 0.6) is 5.75 Å². The predicted molar refractivity (Wildman–Crippen MR) is 75.8 cm³/mol. The van der Waals surface area contributed by atoms with Gasteiger partial charge in [0.05, 0.1) is 12.7 Å². The fourth-order valence-corrected chi connectivity index (χ4v) is 1.76. The lowest BCUT2D eigenvalue weighted by molar-refractivity contribution is -0.137. The molecule has 0 unspecified atom stereocenters. The highest BCUT2D eigenvalue weighted by molar-refractivity contribution is 5.80. The molecule has 0 aliphatic heterocycles. The van der Waals surface area contributed by atoms with Crippen molar-refractivity contribution in [2.45, 2.75) is 6.18 Å². The standard InChI is InChI=1S/C17H11F3O2/c1-22-16-8-3-12(4-9-16)2-5-13-6-7-15(17(18,19)20)10-14(13)11-21/h3-4,6-11H,1H3. The number of methoxy groups -OCH3 is 1. The minimum absolute atomic E-state index is 0.0872. The molecule has 2 nitrogen and oxygen atoms in total. The minimum atomic E-state index is -4.49. The van der Waals surface area contributed by atoms with Crippen LogP contribution in [0.25, 0.3) is 0 Å². The van der Waals surface area contributed by atoms with E-state index in [2.05, 4.69) is 11.8 Å². The fraction of sp³-hybridized carbons (Fsp3) is 0.118. The summed E-state index contributed by atoms with van der Waals surface area (Å²) in [7, 11) is 1.54. The SMILES string of the molecule is COc1ccc(C#Cc2ccc(C(F)(F)F)cc2C=O)cc1. The summed E-state index contributed by atoms with van der Waals surface area (Å²) in [5.74, 6) is 6.18. The van der Waals surface area contributed by atoms with Gasteiger partial charge in [0.15, 0.2) is 6.29 Å². The fourth-order valence-electron chi connectivity index (χ4n) is 1.76. The molecule has 0 spiro atoms. The van der Waals surface area contributed by atoms with Crippen LogP contribution in [0.15, 0.2) is 42.5 Å². The first-order chi connectivity index (χ1) is 10.4. The minimum Gasteiger partial charge on any atom is -0.497 e. The molecule has 2 rings (SSSR count). The van der Waals surface area contributed by atoms with Gasteiger partial charge in [0.25, 0.3) is 0 Å². The van der Waals surface area contributed by atoms with E-state index in [1.165, 1.54) is 6.07 Å². The highest BCUT2D eigenvalue weighted by Crippen LogP contribution is 2.30. The summed E-state index contributed by atoms with van der Waals surface area (Å²) in [5.41, 5.74) is -0.0446. The molecule has 5 heteroatoms. The van der Waals surface area contributed by atoms with E-state index in [4.69, 9.17) is 4.74 Å². The zero-order chi connectivity index (χ0) is 16.2. The van der Waals surface area contributed by atoms with Crippen LogP contribution in [0.4, 0.5) is 13.2 Å². The van der Waals surface area contributed by atoms with Crippen molar-refractivity contribution in [2.24, 2.45) is 0 Å². The van der Waals surface area contributed by atoms with Crippen LogP contribution in [0.1, 0.15) is 27.0 Å². The van der Waals surface area contributed by atoms with E-state index in [1.54, 1.807) is 31.4 Å². The summed E-state index contributed by atoms with van der Waals surface area (Å²) in [6.07, 6.45) is -4.12. The number of ether oxygens (including phenoxy) is 1. The first kappa shape index (κ1) is 15.6. The molecule has 0 heterocycles. The van der Waals surface area contributed by atoms with Gasteiger partial charge in [-0.25, -0.2) is 0 Å². The second-order valence-electron chi connectivity index (χ2n) is 4.40. The Bertz CT molecular complexity index is 735. The van der Waals surface area contributed by atoms with Gasteiger partial charge in [0, 0.05) is 16.7 Å². The summed E-state index contributed by atoms with van der Waals surface area (Å²) >= 11 is 0. The number of alkyl halides is 3. The molecule has 0 atom stereocenters. The average Bonchev–Trinajstić information content (AvgIpc) is 2.52. The molecule has 0 saturated carbocycles. The Labute approximate surface area is 125 Å². The lowest BCUT2D eigenvalue weighted by atomic mass is 10.0. The van der Waals surface area contributed by atoms with E-state index < -0.39 is 11.7 Å². The topological polar surface area (TPSA) is 26.3 Å². The smallest absolute Gasteiger partial charge is 0.416 e. The van der Waals surface area contributed by atoms with Crippen molar-refractivity contribution in [3.8, 4) is 17.6 Å². The number of hydrogen-bond donors (Lipinski definition) is 0. The third kappa shape index (κ3) is 3.67. The maximum absolute atomic E-state index is 12.6. The number of carbonyl (C=O) groups excluding carboxylic acids is 1. The molecular weight excluding hydrogens is 293 g/mol. The predicted octanol–water partition coefficient (Wildman–Crippen LogP) is 3.93. The van der Waals surface area contributed by atoms with Gasteiger partial charge in [0.2, 0.25) is 0 Å². The molecule has 0 saturated heterocycles. The van der Waals surface area contributed by atoms with E-state index in [-0.39, 0.29) is 11.1 Å². The first-order valence-electron chi connectivity index (χ1n) is 6.26. The highest BCUT2D eigenvalue weighted by Gasteiger charge is 2.30. The molecule has 0 fully saturated rings. The Morgan fingerprint density at radius 1 is 1.05 bits per heavy atom. The molecule has 22 heavy (non-hydrogen) atoms. The molecular formula is C17H11F3O2. The quantitative estimate of drug-likeness (QED) is 0.621. The summed E-state index contributed by atoms with van der Waals surface area (Å²) in [6.45, 7) is 0. The monoisotopic (exact) mass is 304 g/mol. The number of aldehydes is 1. The molecule has 0 aliphatic carbocycles. The zero-order valence-corrected chi connectivity index (χ0v) is 11.6. The lowest BCUT2D eigenvalue weighted by Crippen LogP contribution is -2.06. The van der Waals surface area contributed by atoms with Crippen LogP contribution >= 0.6 is 0 Å². The van der Waals surface area contributed by atoms with Gasteiger partial charge in [-0.3, -0.25) is 4.79 Å². The maximum atomic E-state index is 12.6. The van der Waals surface area contributed by atoms with Gasteiger partial charge in [-0.05, 0) is 42.5 Å². The van der Waals surface area contributed by atoms with Gasteiger partial charge in [-0.2, -0.15) is 13.2 Å². The van der Waals surface area contributed by atoms with E-state index >= 15 is 0 Å². The number of carbonyl (C=O) groups is 1. The summed E-state index contributed by atoms with van der Waals surface area (Å²) in [6, 6.07) is 9.78. The van der Waals surface area contributed by atoms with Gasteiger partial charge < -0.3 is 4.74 Å². The lowest BCUT2D eigenvalue weighted by Gasteiger charge is -2.07. The number of rotatable bonds is 2. The summed E-state index contributed by atoms with van der Waals surface area (Å²) in [5, 5.41) is 0. The van der Waals surface area contributed by atoms with E-state index in [9.17, 15) is 18.0 Å². The van der Waals surface area contributed by atoms with Crippen LogP contribution in [0.3, 0.4) is 0 Å². The maximum Gasteiger partial charge on any atom is 0.416 e. The Hall–Kier alpha value is -2.74. The molecule has 112 valence electrons. The van der Waals surface area contributed by atoms with Crippen LogP contribution in [0, 0.1) is 11.8 Å². The van der Waals surface area contributed by atoms with Gasteiger partial charge in [-0.1, -0.05) is 11.8 Å². The largest absolute Gasteiger partial charge is 0.497 e. The molecule has 0 bridgehead atoms. The number of halogens is 3. The van der Waals surface area contributed by atoms with Crippen LogP contribution in [-0.2, 0) is 6.18 Å². The second-order valence-corrected chi connectivity index (χ2v) is 4.40. The van der Waals surface area contributed by atoms with Crippen molar-refractivity contribution in [3.05, 3.63) is 64.7 Å². The van der Waals surface area contributed by atoms with E-state index in [1.807, 2.05) is 0 Å². The van der Waals surface area contributed by atoms with Crippen LogP contribution in [-0.4, -0.2) is 13.4 Å². The van der Waals surface area contributed by atoms with Crippen LogP contribution in [0.2, 0.25) is 0 Å². The molecule has 0 amide bonds. The van der Waals surface area contributed by atoms with Crippen molar-refractivity contribution in [1.82, 2.24) is 0 Å². The highest BCUT2D eigenvalue weighted by atomic mass is 19.4. The number of hydrogen-bond acceptors (Lipinski definition) is 2. The van der Waals surface area contributed by atoms with Gasteiger partial charge in [-0.15, -0.1) is 0 Å². The Kier molecular flexibility index (Phi) is 4.52. The van der Waals surface area contributed by atoms with Crippen molar-refractivity contribution in [3.63, 3.8) is 0 Å². The normalized spacial score (nSPS) is 10.5. The molecule has 0 aromatic heterocycles. The first-order valence-corrected chi connectivity index (χ1v) is 6.26. The molecule has 0 aliphatic rings. The van der Waals surface area contributed by atoms with Gasteiger partial charge in [0.1, 0.15) is 5.75 Å². The molecule has 2 aromatic carbocycles. The van der Waals surface area contributed by atoms with Crippen molar-refractivity contribution in [2.75, 3.05) is 7.11 Å². The molecule has 2 aromatic rings. The average molecular weight is 304 g/mol. The van der Waals surface area contributed by atoms with Crippen molar-refractivity contribution in [1.29, 1.82) is 0 Å². The van der Waals surface area contributed by atoms with Crippen molar-refractivity contribution >= 4 is 6.29 Å². The van der Waals surface area contributed by atoms with Crippen molar-refractivity contribution < 1.29 is 22.7 Å². The Balaban J connectivity index is 2.33. The molecule has 0 N–H and O–H groups in total. The van der Waals surface area contributed by atoms with E-state index in [0.29, 0.717) is 17.6 Å². The third-order valence-electron chi connectivity index (χ3n) is 2.94. The summed E-state index contributed by atoms with van der Waals surface area (Å²) in [4.78, 5) is 10.9. The Morgan fingerprint density at radius 2 is 1.73 bits per heavy atom. The zero-order valence-electron chi connectivity index (χ0n) is 11.6. The van der Waals surface area contributed by atoms with Gasteiger partial charge >= 0.3 is 6.18 Å². The Morgan fingerprint density at radius 3 is 2.27 bits per heavy atom. The van der Waals surface area contributed by atoms with E-state index in [0.717, 1.165) is 12.1 Å². The molecule has 0 radical (unpaired) electrons. The summed E-state index contributed by atoms with van der Waals surface area (Å²) < 4.78 is 42.8. The number of benzene rings is 2.